The van der Waals surface area contributed by atoms with Crippen LogP contribution in [0.1, 0.15) is 30.3 Å². The van der Waals surface area contributed by atoms with Crippen LogP contribution in [0.15, 0.2) is 36.4 Å². The molecule has 1 heterocycles. The van der Waals surface area contributed by atoms with Crippen molar-refractivity contribution in [2.75, 3.05) is 20.8 Å². The molecule has 4 heteroatoms. The van der Waals surface area contributed by atoms with E-state index in [4.69, 9.17) is 9.47 Å². The molecule has 1 aromatic carbocycles. The van der Waals surface area contributed by atoms with Crippen molar-refractivity contribution in [3.63, 3.8) is 0 Å². The second kappa shape index (κ2) is 7.80. The van der Waals surface area contributed by atoms with Crippen LogP contribution in [-0.2, 0) is 11.3 Å². The number of benzene rings is 1. The standard InChI is InChI=1S/C18H23NO3/c1-14(20)16-10-11-17(19(16)12-6-7-13-21-2)15-8-4-5-9-18(15)22-3/h4-5,8-11H,6-7,12-13H2,1-3H3. The average molecular weight is 301 g/mol. The summed E-state index contributed by atoms with van der Waals surface area (Å²) in [4.78, 5) is 11.9. The van der Waals surface area contributed by atoms with Gasteiger partial charge in [0.15, 0.2) is 5.78 Å². The largest absolute Gasteiger partial charge is 0.496 e. The minimum Gasteiger partial charge on any atom is -0.496 e. The number of carbonyl (C=O) groups excluding carboxylic acids is 1. The third kappa shape index (κ3) is 3.57. The van der Waals surface area contributed by atoms with Crippen LogP contribution in [0.3, 0.4) is 0 Å². The molecule has 0 aliphatic carbocycles. The Bertz CT molecular complexity index is 631. The van der Waals surface area contributed by atoms with Gasteiger partial charge in [0, 0.05) is 32.7 Å². The number of aromatic nitrogens is 1. The molecule has 0 aliphatic rings. The summed E-state index contributed by atoms with van der Waals surface area (Å²) in [6.07, 6.45) is 1.93. The fourth-order valence-electron chi connectivity index (χ4n) is 2.62. The molecular weight excluding hydrogens is 278 g/mol. The molecule has 0 atom stereocenters. The maximum Gasteiger partial charge on any atom is 0.176 e. The Morgan fingerprint density at radius 3 is 2.55 bits per heavy atom. The lowest BCUT2D eigenvalue weighted by Gasteiger charge is -2.14. The molecule has 2 aromatic rings. The summed E-state index contributed by atoms with van der Waals surface area (Å²) < 4.78 is 12.6. The van der Waals surface area contributed by atoms with Gasteiger partial charge in [-0.15, -0.1) is 0 Å². The van der Waals surface area contributed by atoms with E-state index in [9.17, 15) is 4.79 Å². The zero-order valence-corrected chi connectivity index (χ0v) is 13.5. The maximum absolute atomic E-state index is 11.9. The van der Waals surface area contributed by atoms with Crippen LogP contribution in [0.4, 0.5) is 0 Å². The molecule has 0 radical (unpaired) electrons. The van der Waals surface area contributed by atoms with Gasteiger partial charge in [0.2, 0.25) is 0 Å². The van der Waals surface area contributed by atoms with Crippen LogP contribution >= 0.6 is 0 Å². The number of unbranched alkanes of at least 4 members (excludes halogenated alkanes) is 1. The molecule has 118 valence electrons. The van der Waals surface area contributed by atoms with Gasteiger partial charge < -0.3 is 14.0 Å². The van der Waals surface area contributed by atoms with Gasteiger partial charge in [-0.3, -0.25) is 4.79 Å². The molecule has 0 bridgehead atoms. The molecule has 1 aromatic heterocycles. The smallest absolute Gasteiger partial charge is 0.176 e. The van der Waals surface area contributed by atoms with Gasteiger partial charge in [0.25, 0.3) is 0 Å². The number of Topliss-reactive ketones (excluding diaryl/α,β-unsaturated/α-hetero) is 1. The molecule has 0 unspecified atom stereocenters. The molecule has 0 aliphatic heterocycles. The van der Waals surface area contributed by atoms with Gasteiger partial charge in [0.05, 0.1) is 18.5 Å². The lowest BCUT2D eigenvalue weighted by molar-refractivity contribution is 0.100. The first-order valence-electron chi connectivity index (χ1n) is 7.51. The van der Waals surface area contributed by atoms with Crippen molar-refractivity contribution in [2.45, 2.75) is 26.3 Å². The first-order valence-corrected chi connectivity index (χ1v) is 7.51. The quantitative estimate of drug-likeness (QED) is 0.550. The molecule has 0 fully saturated rings. The highest BCUT2D eigenvalue weighted by Crippen LogP contribution is 2.31. The Labute approximate surface area is 131 Å². The van der Waals surface area contributed by atoms with E-state index in [0.29, 0.717) is 0 Å². The van der Waals surface area contributed by atoms with Gasteiger partial charge in [-0.05, 0) is 37.1 Å². The highest BCUT2D eigenvalue weighted by atomic mass is 16.5. The van der Waals surface area contributed by atoms with Crippen molar-refractivity contribution in [3.05, 3.63) is 42.1 Å². The topological polar surface area (TPSA) is 40.5 Å². The summed E-state index contributed by atoms with van der Waals surface area (Å²) in [7, 11) is 3.37. The van der Waals surface area contributed by atoms with E-state index >= 15 is 0 Å². The first kappa shape index (κ1) is 16.3. The molecule has 0 N–H and O–H groups in total. The van der Waals surface area contributed by atoms with Crippen molar-refractivity contribution in [2.24, 2.45) is 0 Å². The minimum absolute atomic E-state index is 0.0767. The summed E-state index contributed by atoms with van der Waals surface area (Å²) in [5.41, 5.74) is 2.75. The Morgan fingerprint density at radius 2 is 1.86 bits per heavy atom. The first-order chi connectivity index (χ1) is 10.7. The van der Waals surface area contributed by atoms with E-state index in [1.165, 1.54) is 0 Å². The number of ketones is 1. The van der Waals surface area contributed by atoms with Gasteiger partial charge >= 0.3 is 0 Å². The monoisotopic (exact) mass is 301 g/mol. The van der Waals surface area contributed by atoms with E-state index in [2.05, 4.69) is 4.57 Å². The molecular formula is C18H23NO3. The summed E-state index contributed by atoms with van der Waals surface area (Å²) in [6, 6.07) is 11.8. The Kier molecular flexibility index (Phi) is 5.78. The SMILES string of the molecule is COCCCCn1c(C(C)=O)ccc1-c1ccccc1OC. The highest BCUT2D eigenvalue weighted by molar-refractivity contribution is 5.94. The van der Waals surface area contributed by atoms with Gasteiger partial charge in [-0.2, -0.15) is 0 Å². The van der Waals surface area contributed by atoms with Crippen LogP contribution in [0, 0.1) is 0 Å². The van der Waals surface area contributed by atoms with Crippen LogP contribution in [0.25, 0.3) is 11.3 Å². The van der Waals surface area contributed by atoms with Crippen LogP contribution < -0.4 is 4.74 Å². The van der Waals surface area contributed by atoms with Gasteiger partial charge in [-0.1, -0.05) is 12.1 Å². The Hall–Kier alpha value is -2.07. The van der Waals surface area contributed by atoms with E-state index in [1.807, 2.05) is 36.4 Å². The molecule has 22 heavy (non-hydrogen) atoms. The van der Waals surface area contributed by atoms with Crippen LogP contribution in [0.2, 0.25) is 0 Å². The Balaban J connectivity index is 2.36. The van der Waals surface area contributed by atoms with E-state index < -0.39 is 0 Å². The predicted molar refractivity (Wildman–Crippen MR) is 87.5 cm³/mol. The van der Waals surface area contributed by atoms with Crippen LogP contribution in [-0.4, -0.2) is 31.2 Å². The zero-order chi connectivity index (χ0) is 15.9. The van der Waals surface area contributed by atoms with Crippen molar-refractivity contribution < 1.29 is 14.3 Å². The lowest BCUT2D eigenvalue weighted by Crippen LogP contribution is -2.09. The lowest BCUT2D eigenvalue weighted by atomic mass is 10.1. The number of hydrogen-bond acceptors (Lipinski definition) is 3. The second-order valence-electron chi connectivity index (χ2n) is 5.21. The number of hydrogen-bond donors (Lipinski definition) is 0. The van der Waals surface area contributed by atoms with E-state index in [-0.39, 0.29) is 5.78 Å². The normalized spacial score (nSPS) is 10.7. The van der Waals surface area contributed by atoms with Crippen molar-refractivity contribution in [3.8, 4) is 17.0 Å². The zero-order valence-electron chi connectivity index (χ0n) is 13.5. The molecule has 0 spiro atoms. The van der Waals surface area contributed by atoms with Gasteiger partial charge in [-0.25, -0.2) is 0 Å². The highest BCUT2D eigenvalue weighted by Gasteiger charge is 2.15. The number of para-hydroxylation sites is 1. The summed E-state index contributed by atoms with van der Waals surface area (Å²) >= 11 is 0. The third-order valence-electron chi connectivity index (χ3n) is 3.70. The van der Waals surface area contributed by atoms with Crippen molar-refractivity contribution in [1.82, 2.24) is 4.57 Å². The molecule has 0 saturated carbocycles. The molecule has 0 saturated heterocycles. The third-order valence-corrected chi connectivity index (χ3v) is 3.70. The fraction of sp³-hybridized carbons (Fsp3) is 0.389. The summed E-state index contributed by atoms with van der Waals surface area (Å²) in [5, 5.41) is 0. The molecule has 2 rings (SSSR count). The number of rotatable bonds is 8. The Morgan fingerprint density at radius 1 is 1.09 bits per heavy atom. The summed E-state index contributed by atoms with van der Waals surface area (Å²) in [6.45, 7) is 3.13. The second-order valence-corrected chi connectivity index (χ2v) is 5.21. The predicted octanol–water partition coefficient (Wildman–Crippen LogP) is 3.79. The molecule has 0 amide bonds. The number of ether oxygens (including phenoxy) is 2. The number of methoxy groups -OCH3 is 2. The minimum atomic E-state index is 0.0767. The van der Waals surface area contributed by atoms with Crippen LogP contribution in [0.5, 0.6) is 5.75 Å². The van der Waals surface area contributed by atoms with Crippen molar-refractivity contribution in [1.29, 1.82) is 0 Å². The summed E-state index contributed by atoms with van der Waals surface area (Å²) in [5.74, 6) is 0.890. The van der Waals surface area contributed by atoms with Crippen molar-refractivity contribution >= 4 is 5.78 Å². The maximum atomic E-state index is 11.9. The molecule has 4 nitrogen and oxygen atoms in total. The average Bonchev–Trinajstić information content (AvgIpc) is 2.95. The van der Waals surface area contributed by atoms with Gasteiger partial charge in [0.1, 0.15) is 5.75 Å². The number of carbonyl (C=O) groups is 1. The fourth-order valence-corrected chi connectivity index (χ4v) is 2.62. The van der Waals surface area contributed by atoms with E-state index in [0.717, 1.165) is 48.7 Å². The van der Waals surface area contributed by atoms with E-state index in [1.54, 1.807) is 21.1 Å². The number of nitrogens with zero attached hydrogens (tertiary/aromatic N) is 1.